The Balaban J connectivity index is 2.89. The van der Waals surface area contributed by atoms with Gasteiger partial charge in [-0.2, -0.15) is 0 Å². The summed E-state index contributed by atoms with van der Waals surface area (Å²) in [7, 11) is 1.65. The Morgan fingerprint density at radius 1 is 1.54 bits per heavy atom. The molecule has 0 atom stereocenters. The molecule has 0 spiro atoms. The van der Waals surface area contributed by atoms with E-state index in [1.54, 1.807) is 7.11 Å². The quantitative estimate of drug-likeness (QED) is 0.883. The summed E-state index contributed by atoms with van der Waals surface area (Å²) in [5.41, 5.74) is 6.46. The summed E-state index contributed by atoms with van der Waals surface area (Å²) in [6, 6.07) is 5.89. The minimum Gasteiger partial charge on any atom is -0.496 e. The molecule has 2 nitrogen and oxygen atoms in total. The van der Waals surface area contributed by atoms with Gasteiger partial charge in [-0.05, 0) is 33.6 Å². The summed E-state index contributed by atoms with van der Waals surface area (Å²) in [6.07, 6.45) is 3.89. The minimum atomic E-state index is 0.559. The van der Waals surface area contributed by atoms with E-state index in [1.807, 2.05) is 30.4 Å². The van der Waals surface area contributed by atoms with Crippen molar-refractivity contribution in [2.45, 2.75) is 0 Å². The molecule has 3 heteroatoms. The molecule has 0 aliphatic heterocycles. The first-order valence-corrected chi connectivity index (χ1v) is 4.77. The standard InChI is InChI=1S/C10H12BrNO/c1-13-10-5-4-8(3-2-6-12)7-9(10)11/h2-5,7H,6,12H2,1H3/b3-2+. The third-order valence-corrected chi connectivity index (χ3v) is 2.24. The van der Waals surface area contributed by atoms with Crippen molar-refractivity contribution in [1.82, 2.24) is 0 Å². The number of benzene rings is 1. The molecule has 0 aromatic heterocycles. The molecule has 0 radical (unpaired) electrons. The fourth-order valence-electron chi connectivity index (χ4n) is 0.990. The number of halogens is 1. The average molecular weight is 242 g/mol. The Kier molecular flexibility index (Phi) is 3.99. The maximum absolute atomic E-state index is 5.35. The largest absolute Gasteiger partial charge is 0.496 e. The van der Waals surface area contributed by atoms with Gasteiger partial charge in [-0.15, -0.1) is 0 Å². The molecule has 0 heterocycles. The van der Waals surface area contributed by atoms with Gasteiger partial charge in [0.25, 0.3) is 0 Å². The highest BCUT2D eigenvalue weighted by molar-refractivity contribution is 9.10. The molecule has 2 N–H and O–H groups in total. The predicted octanol–water partition coefficient (Wildman–Crippen LogP) is 2.43. The van der Waals surface area contributed by atoms with E-state index in [2.05, 4.69) is 15.9 Å². The van der Waals surface area contributed by atoms with Gasteiger partial charge in [0, 0.05) is 6.54 Å². The number of methoxy groups -OCH3 is 1. The lowest BCUT2D eigenvalue weighted by Crippen LogP contribution is -1.92. The van der Waals surface area contributed by atoms with Gasteiger partial charge >= 0.3 is 0 Å². The van der Waals surface area contributed by atoms with Gasteiger partial charge in [0.15, 0.2) is 0 Å². The Morgan fingerprint density at radius 2 is 2.31 bits per heavy atom. The predicted molar refractivity (Wildman–Crippen MR) is 58.8 cm³/mol. The molecule has 0 aliphatic rings. The summed E-state index contributed by atoms with van der Waals surface area (Å²) in [5, 5.41) is 0. The van der Waals surface area contributed by atoms with Crippen molar-refractivity contribution < 1.29 is 4.74 Å². The molecule has 0 unspecified atom stereocenters. The highest BCUT2D eigenvalue weighted by atomic mass is 79.9. The fourth-order valence-corrected chi connectivity index (χ4v) is 1.55. The maximum Gasteiger partial charge on any atom is 0.133 e. The van der Waals surface area contributed by atoms with Gasteiger partial charge in [0.2, 0.25) is 0 Å². The SMILES string of the molecule is COc1ccc(/C=C/CN)cc1Br. The lowest BCUT2D eigenvalue weighted by molar-refractivity contribution is 0.412. The van der Waals surface area contributed by atoms with E-state index in [9.17, 15) is 0 Å². The molecule has 0 amide bonds. The van der Waals surface area contributed by atoms with Gasteiger partial charge in [-0.3, -0.25) is 0 Å². The average Bonchev–Trinajstić information content (AvgIpc) is 2.15. The van der Waals surface area contributed by atoms with Crippen molar-refractivity contribution in [3.8, 4) is 5.75 Å². The van der Waals surface area contributed by atoms with Crippen LogP contribution in [0.25, 0.3) is 6.08 Å². The third kappa shape index (κ3) is 2.86. The Morgan fingerprint density at radius 3 is 2.85 bits per heavy atom. The van der Waals surface area contributed by atoms with Crippen molar-refractivity contribution in [3.63, 3.8) is 0 Å². The van der Waals surface area contributed by atoms with Crippen LogP contribution in [0.1, 0.15) is 5.56 Å². The maximum atomic E-state index is 5.35. The van der Waals surface area contributed by atoms with Crippen molar-refractivity contribution >= 4 is 22.0 Å². The Hall–Kier alpha value is -0.800. The number of ether oxygens (including phenoxy) is 1. The van der Waals surface area contributed by atoms with Crippen molar-refractivity contribution in [1.29, 1.82) is 0 Å². The smallest absolute Gasteiger partial charge is 0.133 e. The van der Waals surface area contributed by atoms with Crippen LogP contribution < -0.4 is 10.5 Å². The van der Waals surface area contributed by atoms with Crippen LogP contribution in [0.5, 0.6) is 5.75 Å². The second-order valence-corrected chi connectivity index (χ2v) is 3.39. The van der Waals surface area contributed by atoms with E-state index in [1.165, 1.54) is 0 Å². The Labute approximate surface area is 86.5 Å². The first-order valence-electron chi connectivity index (χ1n) is 3.98. The van der Waals surface area contributed by atoms with Crippen LogP contribution in [-0.2, 0) is 0 Å². The molecule has 13 heavy (non-hydrogen) atoms. The number of hydrogen-bond donors (Lipinski definition) is 1. The topological polar surface area (TPSA) is 35.2 Å². The zero-order chi connectivity index (χ0) is 9.68. The lowest BCUT2D eigenvalue weighted by Gasteiger charge is -2.02. The summed E-state index contributed by atoms with van der Waals surface area (Å²) in [5.74, 6) is 0.838. The van der Waals surface area contributed by atoms with Crippen molar-refractivity contribution in [2.75, 3.05) is 13.7 Å². The molecule has 0 saturated carbocycles. The van der Waals surface area contributed by atoms with Crippen molar-refractivity contribution in [2.24, 2.45) is 5.73 Å². The van der Waals surface area contributed by atoms with Gasteiger partial charge in [0.05, 0.1) is 11.6 Å². The first kappa shape index (κ1) is 10.3. The number of rotatable bonds is 3. The van der Waals surface area contributed by atoms with Gasteiger partial charge in [-0.25, -0.2) is 0 Å². The van der Waals surface area contributed by atoms with Crippen LogP contribution in [0.15, 0.2) is 28.7 Å². The zero-order valence-corrected chi connectivity index (χ0v) is 9.04. The second kappa shape index (κ2) is 5.04. The van der Waals surface area contributed by atoms with Crippen molar-refractivity contribution in [3.05, 3.63) is 34.3 Å². The summed E-state index contributed by atoms with van der Waals surface area (Å²) in [6.45, 7) is 0.559. The Bertz CT molecular complexity index is 310. The minimum absolute atomic E-state index is 0.559. The van der Waals surface area contributed by atoms with E-state index in [4.69, 9.17) is 10.5 Å². The monoisotopic (exact) mass is 241 g/mol. The normalized spacial score (nSPS) is 10.7. The first-order chi connectivity index (χ1) is 6.27. The van der Waals surface area contributed by atoms with Crippen LogP contribution in [0, 0.1) is 0 Å². The van der Waals surface area contributed by atoms with E-state index >= 15 is 0 Å². The zero-order valence-electron chi connectivity index (χ0n) is 7.46. The van der Waals surface area contributed by atoms with E-state index in [0.29, 0.717) is 6.54 Å². The number of nitrogens with two attached hydrogens (primary N) is 1. The van der Waals surface area contributed by atoms with E-state index in [0.717, 1.165) is 15.8 Å². The summed E-state index contributed by atoms with van der Waals surface area (Å²) in [4.78, 5) is 0. The second-order valence-electron chi connectivity index (χ2n) is 2.53. The van der Waals surface area contributed by atoms with Gasteiger partial charge < -0.3 is 10.5 Å². The molecular weight excluding hydrogens is 230 g/mol. The molecule has 1 rings (SSSR count). The molecule has 1 aromatic carbocycles. The van der Waals surface area contributed by atoms with E-state index in [-0.39, 0.29) is 0 Å². The lowest BCUT2D eigenvalue weighted by atomic mass is 10.2. The number of hydrogen-bond acceptors (Lipinski definition) is 2. The molecule has 0 saturated heterocycles. The highest BCUT2D eigenvalue weighted by Gasteiger charge is 1.98. The molecule has 0 aliphatic carbocycles. The molecule has 70 valence electrons. The molecule has 1 aromatic rings. The van der Waals surface area contributed by atoms with Crippen LogP contribution >= 0.6 is 15.9 Å². The van der Waals surface area contributed by atoms with Gasteiger partial charge in [-0.1, -0.05) is 18.2 Å². The summed E-state index contributed by atoms with van der Waals surface area (Å²) >= 11 is 3.41. The summed E-state index contributed by atoms with van der Waals surface area (Å²) < 4.78 is 6.06. The highest BCUT2D eigenvalue weighted by Crippen LogP contribution is 2.25. The third-order valence-electron chi connectivity index (χ3n) is 1.62. The van der Waals surface area contributed by atoms with Crippen LogP contribution in [-0.4, -0.2) is 13.7 Å². The van der Waals surface area contributed by atoms with Gasteiger partial charge in [0.1, 0.15) is 5.75 Å². The van der Waals surface area contributed by atoms with Crippen LogP contribution in [0.4, 0.5) is 0 Å². The molecular formula is C10H12BrNO. The van der Waals surface area contributed by atoms with E-state index < -0.39 is 0 Å². The van der Waals surface area contributed by atoms with Crippen LogP contribution in [0.2, 0.25) is 0 Å². The van der Waals surface area contributed by atoms with Crippen LogP contribution in [0.3, 0.4) is 0 Å². The molecule has 0 fully saturated rings. The molecule has 0 bridgehead atoms. The fraction of sp³-hybridized carbons (Fsp3) is 0.200.